The molecule has 34 heavy (non-hydrogen) atoms. The van der Waals surface area contributed by atoms with Crippen molar-refractivity contribution >= 4 is 34.0 Å². The minimum Gasteiger partial charge on any atom is -0.378 e. The molecular formula is C25H27N5O3S. The molecule has 5 rings (SSSR count). The molecule has 1 aliphatic rings. The zero-order valence-electron chi connectivity index (χ0n) is 19.1. The van der Waals surface area contributed by atoms with Gasteiger partial charge in [0.25, 0.3) is 11.1 Å². The van der Waals surface area contributed by atoms with E-state index < -0.39 is 0 Å². The lowest BCUT2D eigenvalue weighted by Gasteiger charge is -2.29. The molecule has 0 atom stereocenters. The Balaban J connectivity index is 1.49. The summed E-state index contributed by atoms with van der Waals surface area (Å²) in [7, 11) is 0. The predicted octanol–water partition coefficient (Wildman–Crippen LogP) is 3.33. The molecule has 3 aromatic heterocycles. The quantitative estimate of drug-likeness (QED) is 0.298. The average molecular weight is 478 g/mol. The Morgan fingerprint density at radius 3 is 2.74 bits per heavy atom. The van der Waals surface area contributed by atoms with Gasteiger partial charge in [-0.15, -0.1) is 0 Å². The summed E-state index contributed by atoms with van der Waals surface area (Å²) in [4.78, 5) is 37.7. The predicted molar refractivity (Wildman–Crippen MR) is 135 cm³/mol. The van der Waals surface area contributed by atoms with Gasteiger partial charge >= 0.3 is 0 Å². The number of hydrogen-bond donors (Lipinski definition) is 0. The van der Waals surface area contributed by atoms with E-state index in [2.05, 4.69) is 16.8 Å². The Kier molecular flexibility index (Phi) is 6.64. The molecule has 0 aliphatic carbocycles. The topological polar surface area (TPSA) is 81.7 Å². The van der Waals surface area contributed by atoms with Crippen molar-refractivity contribution in [1.29, 1.82) is 0 Å². The highest BCUT2D eigenvalue weighted by Crippen LogP contribution is 2.25. The van der Waals surface area contributed by atoms with Crippen LogP contribution in [0.25, 0.3) is 16.6 Å². The number of benzene rings is 1. The molecule has 176 valence electrons. The largest absolute Gasteiger partial charge is 0.378 e. The van der Waals surface area contributed by atoms with Gasteiger partial charge in [0.05, 0.1) is 29.8 Å². The van der Waals surface area contributed by atoms with Crippen molar-refractivity contribution in [1.82, 2.24) is 18.9 Å². The van der Waals surface area contributed by atoms with Gasteiger partial charge < -0.3 is 9.64 Å². The molecule has 1 aromatic carbocycles. The lowest BCUT2D eigenvalue weighted by Crippen LogP contribution is -2.36. The van der Waals surface area contributed by atoms with Crippen molar-refractivity contribution < 1.29 is 4.74 Å². The van der Waals surface area contributed by atoms with Crippen LogP contribution in [0.3, 0.4) is 0 Å². The van der Waals surface area contributed by atoms with Gasteiger partial charge in [0.15, 0.2) is 5.16 Å². The molecule has 0 amide bonds. The average Bonchev–Trinajstić information content (AvgIpc) is 2.87. The third-order valence-electron chi connectivity index (χ3n) is 5.99. The van der Waals surface area contributed by atoms with E-state index in [0.717, 1.165) is 31.6 Å². The fraction of sp³-hybridized carbons (Fsp3) is 0.360. The summed E-state index contributed by atoms with van der Waals surface area (Å²) in [5.74, 6) is 0.455. The van der Waals surface area contributed by atoms with Crippen LogP contribution in [0.5, 0.6) is 0 Å². The molecule has 0 N–H and O–H groups in total. The van der Waals surface area contributed by atoms with Gasteiger partial charge in [-0.3, -0.25) is 18.6 Å². The van der Waals surface area contributed by atoms with Crippen molar-refractivity contribution in [3.8, 4) is 0 Å². The third kappa shape index (κ3) is 4.58. The Bertz CT molecular complexity index is 1440. The van der Waals surface area contributed by atoms with Crippen molar-refractivity contribution in [3.63, 3.8) is 0 Å². The Morgan fingerprint density at radius 2 is 1.91 bits per heavy atom. The summed E-state index contributed by atoms with van der Waals surface area (Å²) < 4.78 is 8.75. The Labute approximate surface area is 201 Å². The van der Waals surface area contributed by atoms with Gasteiger partial charge in [-0.05, 0) is 36.8 Å². The number of nitrogens with zero attached hydrogens (tertiary/aromatic N) is 5. The first kappa shape index (κ1) is 22.6. The number of ether oxygens (including phenoxy) is 1. The van der Waals surface area contributed by atoms with Gasteiger partial charge in [-0.25, -0.2) is 9.97 Å². The number of fused-ring (bicyclic) bond motifs is 2. The number of anilines is 1. The van der Waals surface area contributed by atoms with E-state index in [4.69, 9.17) is 9.72 Å². The van der Waals surface area contributed by atoms with Crippen LogP contribution in [0.1, 0.15) is 25.5 Å². The smallest absolute Gasteiger partial charge is 0.262 e. The summed E-state index contributed by atoms with van der Waals surface area (Å²) in [6.45, 7) is 5.73. The first-order valence-corrected chi connectivity index (χ1v) is 12.6. The standard InChI is InChI=1S/C25H27N5O3S/c1-2-3-9-30-24(32)20-16-19(28-11-13-33-14-12-28)7-8-21(20)27-25(30)34-17-18-15-23(31)29-10-5-4-6-22(29)26-18/h4-8,10,15-16H,2-3,9,11-14,17H2,1H3. The molecule has 4 aromatic rings. The molecule has 0 saturated carbocycles. The Morgan fingerprint density at radius 1 is 1.06 bits per heavy atom. The number of pyridine rings is 1. The number of unbranched alkanes of at least 4 members (excludes halogenated alkanes) is 1. The third-order valence-corrected chi connectivity index (χ3v) is 7.00. The second-order valence-electron chi connectivity index (χ2n) is 8.31. The number of rotatable bonds is 7. The summed E-state index contributed by atoms with van der Waals surface area (Å²) in [6, 6.07) is 12.9. The van der Waals surface area contributed by atoms with Crippen LogP contribution < -0.4 is 16.0 Å². The van der Waals surface area contributed by atoms with Crippen LogP contribution in [0.15, 0.2) is 63.4 Å². The van der Waals surface area contributed by atoms with Crippen LogP contribution in [0.4, 0.5) is 5.69 Å². The first-order chi connectivity index (χ1) is 16.6. The van der Waals surface area contributed by atoms with Crippen molar-refractivity contribution in [2.75, 3.05) is 31.2 Å². The molecule has 1 saturated heterocycles. The SMILES string of the molecule is CCCCn1c(SCc2cc(=O)n3ccccc3n2)nc2ccc(N3CCOCC3)cc2c1=O. The molecule has 1 aliphatic heterocycles. The number of morpholine rings is 1. The molecule has 0 unspecified atom stereocenters. The maximum Gasteiger partial charge on any atom is 0.262 e. The molecule has 0 spiro atoms. The summed E-state index contributed by atoms with van der Waals surface area (Å²) in [6.07, 6.45) is 3.57. The zero-order chi connectivity index (χ0) is 23.5. The Hall–Kier alpha value is -3.17. The van der Waals surface area contributed by atoms with E-state index in [1.165, 1.54) is 16.2 Å². The second-order valence-corrected chi connectivity index (χ2v) is 9.25. The first-order valence-electron chi connectivity index (χ1n) is 11.6. The van der Waals surface area contributed by atoms with Crippen molar-refractivity contribution in [2.24, 2.45) is 0 Å². The minimum atomic E-state index is -0.119. The van der Waals surface area contributed by atoms with Gasteiger partial charge in [-0.2, -0.15) is 0 Å². The van der Waals surface area contributed by atoms with Crippen molar-refractivity contribution in [3.05, 3.63) is 75.1 Å². The maximum atomic E-state index is 13.5. The molecule has 9 heteroatoms. The van der Waals surface area contributed by atoms with Crippen LogP contribution in [0, 0.1) is 0 Å². The van der Waals surface area contributed by atoms with E-state index in [9.17, 15) is 9.59 Å². The highest BCUT2D eigenvalue weighted by atomic mass is 32.2. The normalized spacial score (nSPS) is 14.2. The van der Waals surface area contributed by atoms with Gasteiger partial charge in [0.2, 0.25) is 0 Å². The van der Waals surface area contributed by atoms with E-state index in [0.29, 0.717) is 52.9 Å². The van der Waals surface area contributed by atoms with Crippen LogP contribution in [-0.2, 0) is 17.0 Å². The highest BCUT2D eigenvalue weighted by molar-refractivity contribution is 7.98. The van der Waals surface area contributed by atoms with E-state index >= 15 is 0 Å². The van der Waals surface area contributed by atoms with Crippen LogP contribution >= 0.6 is 11.8 Å². The zero-order valence-corrected chi connectivity index (χ0v) is 20.0. The molecule has 1 fully saturated rings. The van der Waals surface area contributed by atoms with Gasteiger partial charge in [0, 0.05) is 43.3 Å². The van der Waals surface area contributed by atoms with Crippen molar-refractivity contribution in [2.45, 2.75) is 37.2 Å². The molecule has 8 nitrogen and oxygen atoms in total. The van der Waals surface area contributed by atoms with Gasteiger partial charge in [-0.1, -0.05) is 31.2 Å². The highest BCUT2D eigenvalue weighted by Gasteiger charge is 2.16. The number of aromatic nitrogens is 4. The maximum absolute atomic E-state index is 13.5. The molecular weight excluding hydrogens is 450 g/mol. The molecule has 4 heterocycles. The van der Waals surface area contributed by atoms with E-state index in [1.54, 1.807) is 22.9 Å². The lowest BCUT2D eigenvalue weighted by atomic mass is 10.2. The summed E-state index contributed by atoms with van der Waals surface area (Å²) >= 11 is 1.44. The second kappa shape index (κ2) is 9.99. The lowest BCUT2D eigenvalue weighted by molar-refractivity contribution is 0.122. The number of hydrogen-bond acceptors (Lipinski definition) is 7. The summed E-state index contributed by atoms with van der Waals surface area (Å²) in [5, 5.41) is 1.28. The van der Waals surface area contributed by atoms with E-state index in [-0.39, 0.29) is 11.1 Å². The minimum absolute atomic E-state index is 0.0254. The summed E-state index contributed by atoms with van der Waals surface area (Å²) in [5.41, 5.74) is 2.84. The fourth-order valence-electron chi connectivity index (χ4n) is 4.15. The molecule has 0 bridgehead atoms. The molecule has 0 radical (unpaired) electrons. The fourth-order valence-corrected chi connectivity index (χ4v) is 5.06. The number of thioether (sulfide) groups is 1. The monoisotopic (exact) mass is 477 g/mol. The van der Waals surface area contributed by atoms with E-state index in [1.807, 2.05) is 30.3 Å². The van der Waals surface area contributed by atoms with Crippen LogP contribution in [0.2, 0.25) is 0 Å². The van der Waals surface area contributed by atoms with Gasteiger partial charge in [0.1, 0.15) is 5.65 Å². The van der Waals surface area contributed by atoms with Crippen LogP contribution in [-0.4, -0.2) is 45.2 Å².